The number of nitrogens with zero attached hydrogens (tertiary/aromatic N) is 1. The number of nitrogens with one attached hydrogen (secondary N) is 1. The minimum absolute atomic E-state index is 0.284. The Labute approximate surface area is 103 Å². The summed E-state index contributed by atoms with van der Waals surface area (Å²) in [7, 11) is 1.56. The summed E-state index contributed by atoms with van der Waals surface area (Å²) in [6, 6.07) is 4.63. The average molecular weight is 252 g/mol. The first-order chi connectivity index (χ1) is 8.20. The van der Waals surface area contributed by atoms with E-state index in [0.717, 1.165) is 10.6 Å². The van der Waals surface area contributed by atoms with Crippen LogP contribution in [0.2, 0.25) is 0 Å². The molecule has 5 heteroatoms. The van der Waals surface area contributed by atoms with E-state index in [0.29, 0.717) is 18.0 Å². The van der Waals surface area contributed by atoms with Crippen LogP contribution in [0.25, 0.3) is 0 Å². The summed E-state index contributed by atoms with van der Waals surface area (Å²) in [6.07, 6.45) is 0. The van der Waals surface area contributed by atoms with Crippen LogP contribution in [0.1, 0.15) is 10.6 Å². The lowest BCUT2D eigenvalue weighted by molar-refractivity contribution is 0.414. The number of ether oxygens (including phenoxy) is 1. The Bertz CT molecular complexity index is 513. The van der Waals surface area contributed by atoms with Crippen molar-refractivity contribution < 1.29 is 9.13 Å². The van der Waals surface area contributed by atoms with Gasteiger partial charge in [-0.2, -0.15) is 0 Å². The molecule has 90 valence electrons. The van der Waals surface area contributed by atoms with Crippen molar-refractivity contribution in [3.05, 3.63) is 40.1 Å². The molecule has 2 aromatic rings. The summed E-state index contributed by atoms with van der Waals surface area (Å²) in [5.41, 5.74) is 3.21. The smallest absolute Gasteiger partial charge is 0.146 e. The second kappa shape index (κ2) is 5.14. The van der Waals surface area contributed by atoms with Gasteiger partial charge in [-0.1, -0.05) is 0 Å². The summed E-state index contributed by atoms with van der Waals surface area (Å²) in [6.45, 7) is 2.51. The van der Waals surface area contributed by atoms with Crippen molar-refractivity contribution in [1.29, 1.82) is 0 Å². The molecule has 17 heavy (non-hydrogen) atoms. The van der Waals surface area contributed by atoms with E-state index < -0.39 is 0 Å². The maximum Gasteiger partial charge on any atom is 0.146 e. The summed E-state index contributed by atoms with van der Waals surface area (Å²) >= 11 is 1.56. The van der Waals surface area contributed by atoms with Gasteiger partial charge in [-0.05, 0) is 19.1 Å². The van der Waals surface area contributed by atoms with Crippen molar-refractivity contribution in [3.8, 4) is 5.75 Å². The lowest BCUT2D eigenvalue weighted by atomic mass is 10.2. The van der Waals surface area contributed by atoms with Gasteiger partial charge in [0, 0.05) is 10.9 Å². The zero-order chi connectivity index (χ0) is 12.3. The van der Waals surface area contributed by atoms with Crippen LogP contribution in [0.15, 0.2) is 23.7 Å². The van der Waals surface area contributed by atoms with Crippen LogP contribution in [-0.4, -0.2) is 12.1 Å². The third kappa shape index (κ3) is 2.74. The molecule has 1 heterocycles. The van der Waals surface area contributed by atoms with Crippen molar-refractivity contribution in [3.63, 3.8) is 0 Å². The van der Waals surface area contributed by atoms with Crippen LogP contribution in [0.3, 0.4) is 0 Å². The molecule has 0 aliphatic heterocycles. The number of aromatic nitrogens is 1. The number of rotatable bonds is 4. The molecule has 1 aromatic heterocycles. The Morgan fingerprint density at radius 3 is 2.94 bits per heavy atom. The SMILES string of the molecule is COc1ccc(F)c(NCc2scnc2C)c1. The van der Waals surface area contributed by atoms with Crippen LogP contribution in [0, 0.1) is 12.7 Å². The van der Waals surface area contributed by atoms with Gasteiger partial charge in [0.05, 0.1) is 30.5 Å². The third-order valence-electron chi connectivity index (χ3n) is 2.46. The van der Waals surface area contributed by atoms with Gasteiger partial charge < -0.3 is 10.1 Å². The standard InChI is InChI=1S/C12H13FN2OS/c1-8-12(17-7-15-8)6-14-11-5-9(16-2)3-4-10(11)13/h3-5,7,14H,6H2,1-2H3. The van der Waals surface area contributed by atoms with Gasteiger partial charge >= 0.3 is 0 Å². The molecule has 0 unspecified atom stereocenters. The van der Waals surface area contributed by atoms with Crippen LogP contribution >= 0.6 is 11.3 Å². The lowest BCUT2D eigenvalue weighted by Gasteiger charge is -2.08. The van der Waals surface area contributed by atoms with Gasteiger partial charge in [0.15, 0.2) is 0 Å². The van der Waals surface area contributed by atoms with Gasteiger partial charge in [-0.25, -0.2) is 9.37 Å². The highest BCUT2D eigenvalue weighted by atomic mass is 32.1. The fourth-order valence-electron chi connectivity index (χ4n) is 1.44. The highest BCUT2D eigenvalue weighted by Crippen LogP contribution is 2.22. The number of methoxy groups -OCH3 is 1. The van der Waals surface area contributed by atoms with Crippen LogP contribution in [-0.2, 0) is 6.54 Å². The van der Waals surface area contributed by atoms with Gasteiger partial charge in [0.1, 0.15) is 11.6 Å². The maximum atomic E-state index is 13.5. The minimum atomic E-state index is -0.284. The van der Waals surface area contributed by atoms with Crippen molar-refractivity contribution >= 4 is 17.0 Å². The molecule has 0 aliphatic carbocycles. The minimum Gasteiger partial charge on any atom is -0.497 e. The molecule has 0 radical (unpaired) electrons. The molecular formula is C12H13FN2OS. The average Bonchev–Trinajstić information content (AvgIpc) is 2.74. The second-order valence-electron chi connectivity index (χ2n) is 3.56. The van der Waals surface area contributed by atoms with Crippen LogP contribution < -0.4 is 10.1 Å². The lowest BCUT2D eigenvalue weighted by Crippen LogP contribution is -2.01. The molecule has 0 fully saturated rings. The predicted molar refractivity (Wildman–Crippen MR) is 67.1 cm³/mol. The zero-order valence-electron chi connectivity index (χ0n) is 9.66. The molecule has 0 saturated heterocycles. The summed E-state index contributed by atoms with van der Waals surface area (Å²) in [5, 5.41) is 3.05. The molecule has 0 aliphatic rings. The first kappa shape index (κ1) is 11.9. The fraction of sp³-hybridized carbons (Fsp3) is 0.250. The molecule has 0 bridgehead atoms. The van der Waals surface area contributed by atoms with E-state index in [1.165, 1.54) is 6.07 Å². The largest absolute Gasteiger partial charge is 0.497 e. The Morgan fingerprint density at radius 1 is 1.47 bits per heavy atom. The molecule has 0 atom stereocenters. The number of hydrogen-bond donors (Lipinski definition) is 1. The predicted octanol–water partition coefficient (Wildman–Crippen LogP) is 3.21. The van der Waals surface area contributed by atoms with Crippen LogP contribution in [0.4, 0.5) is 10.1 Å². The number of halogens is 1. The van der Waals surface area contributed by atoms with Crippen molar-refractivity contribution in [2.45, 2.75) is 13.5 Å². The monoisotopic (exact) mass is 252 g/mol. The van der Waals surface area contributed by atoms with Crippen molar-refractivity contribution in [2.24, 2.45) is 0 Å². The molecular weight excluding hydrogens is 239 g/mol. The number of hydrogen-bond acceptors (Lipinski definition) is 4. The Hall–Kier alpha value is -1.62. The van der Waals surface area contributed by atoms with Gasteiger partial charge in [-0.3, -0.25) is 0 Å². The van der Waals surface area contributed by atoms with E-state index in [9.17, 15) is 4.39 Å². The molecule has 0 saturated carbocycles. The van der Waals surface area contributed by atoms with E-state index in [1.807, 2.05) is 6.92 Å². The Morgan fingerprint density at radius 2 is 2.29 bits per heavy atom. The first-order valence-corrected chi connectivity index (χ1v) is 6.05. The molecule has 3 nitrogen and oxygen atoms in total. The van der Waals surface area contributed by atoms with Gasteiger partial charge in [0.25, 0.3) is 0 Å². The fourth-order valence-corrected chi connectivity index (χ4v) is 2.16. The van der Waals surface area contributed by atoms with E-state index in [-0.39, 0.29) is 5.82 Å². The Balaban J connectivity index is 2.11. The normalized spacial score (nSPS) is 10.3. The number of thiazole rings is 1. The topological polar surface area (TPSA) is 34.1 Å². The van der Waals surface area contributed by atoms with Gasteiger partial charge in [-0.15, -0.1) is 11.3 Å². The molecule has 1 N–H and O–H groups in total. The second-order valence-corrected chi connectivity index (χ2v) is 4.50. The van der Waals surface area contributed by atoms with E-state index >= 15 is 0 Å². The van der Waals surface area contributed by atoms with Crippen LogP contribution in [0.5, 0.6) is 5.75 Å². The highest BCUT2D eigenvalue weighted by molar-refractivity contribution is 7.09. The molecule has 0 amide bonds. The summed E-state index contributed by atoms with van der Waals surface area (Å²) < 4.78 is 18.6. The van der Waals surface area contributed by atoms with E-state index in [2.05, 4.69) is 10.3 Å². The van der Waals surface area contributed by atoms with Gasteiger partial charge in [0.2, 0.25) is 0 Å². The number of aryl methyl sites for hydroxylation is 1. The zero-order valence-corrected chi connectivity index (χ0v) is 10.5. The Kier molecular flexibility index (Phi) is 3.58. The maximum absolute atomic E-state index is 13.5. The summed E-state index contributed by atoms with van der Waals surface area (Å²) in [4.78, 5) is 5.25. The highest BCUT2D eigenvalue weighted by Gasteiger charge is 2.06. The van der Waals surface area contributed by atoms with Crippen molar-refractivity contribution in [1.82, 2.24) is 4.98 Å². The number of anilines is 1. The molecule has 2 rings (SSSR count). The van der Waals surface area contributed by atoms with Crippen molar-refractivity contribution in [2.75, 3.05) is 12.4 Å². The third-order valence-corrected chi connectivity index (χ3v) is 3.39. The molecule has 0 spiro atoms. The van der Waals surface area contributed by atoms with E-state index in [4.69, 9.17) is 4.74 Å². The molecule has 1 aromatic carbocycles. The quantitative estimate of drug-likeness (QED) is 0.907. The van der Waals surface area contributed by atoms with E-state index in [1.54, 1.807) is 36.1 Å². The first-order valence-electron chi connectivity index (χ1n) is 5.17. The summed E-state index contributed by atoms with van der Waals surface area (Å²) in [5.74, 6) is 0.350. The number of benzene rings is 1.